The number of ether oxygens (including phenoxy) is 1. The van der Waals surface area contributed by atoms with Crippen LogP contribution in [0.15, 0.2) is 64.0 Å². The molecule has 1 atom stereocenters. The summed E-state index contributed by atoms with van der Waals surface area (Å²) in [4.78, 5) is 34.7. The van der Waals surface area contributed by atoms with Crippen LogP contribution in [0.25, 0.3) is 21.7 Å². The second-order valence-electron chi connectivity index (χ2n) is 7.95. The van der Waals surface area contributed by atoms with E-state index in [1.165, 1.54) is 0 Å². The molecule has 0 unspecified atom stereocenters. The van der Waals surface area contributed by atoms with E-state index in [0.29, 0.717) is 35.6 Å². The van der Waals surface area contributed by atoms with Crippen molar-refractivity contribution >= 4 is 72.1 Å². The van der Waals surface area contributed by atoms with Crippen LogP contribution >= 0.6 is 38.5 Å². The number of pyridine rings is 2. The molecule has 1 aliphatic heterocycles. The fourth-order valence-electron chi connectivity index (χ4n) is 4.18. The highest BCUT2D eigenvalue weighted by Gasteiger charge is 2.26. The minimum absolute atomic E-state index is 0.0125. The van der Waals surface area contributed by atoms with Gasteiger partial charge in [-0.25, -0.2) is 9.78 Å². The van der Waals surface area contributed by atoms with Crippen molar-refractivity contribution < 1.29 is 9.53 Å². The van der Waals surface area contributed by atoms with Crippen LogP contribution < -0.4 is 15.6 Å². The first kappa shape index (κ1) is 22.1. The average molecular weight is 619 g/mol. The van der Waals surface area contributed by atoms with Crippen LogP contribution in [-0.4, -0.2) is 40.1 Å². The van der Waals surface area contributed by atoms with E-state index in [1.54, 1.807) is 23.2 Å². The number of rotatable bonds is 3. The lowest BCUT2D eigenvalue weighted by Crippen LogP contribution is -2.46. The van der Waals surface area contributed by atoms with Gasteiger partial charge in [-0.1, -0.05) is 34.1 Å². The van der Waals surface area contributed by atoms with E-state index in [2.05, 4.69) is 48.8 Å². The van der Waals surface area contributed by atoms with Crippen molar-refractivity contribution in [3.05, 3.63) is 73.1 Å². The number of aromatic nitrogens is 2. The number of benzene rings is 2. The topological polar surface area (TPSA) is 87.3 Å². The summed E-state index contributed by atoms with van der Waals surface area (Å²) in [5.74, 6) is 1.24. The molecule has 1 fully saturated rings. The molecule has 2 aromatic carbocycles. The van der Waals surface area contributed by atoms with Gasteiger partial charge in [-0.3, -0.25) is 4.79 Å². The van der Waals surface area contributed by atoms with Gasteiger partial charge < -0.3 is 19.9 Å². The van der Waals surface area contributed by atoms with Gasteiger partial charge >= 0.3 is 6.09 Å². The molecule has 5 rings (SSSR count). The monoisotopic (exact) mass is 618 g/mol. The number of H-pyrrole nitrogens is 1. The molecule has 4 aromatic rings. The third kappa shape index (κ3) is 4.56. The summed E-state index contributed by atoms with van der Waals surface area (Å²) >= 11 is 5.71. The molecule has 2 aromatic heterocycles. The number of nitrogens with one attached hydrogen (secondary N) is 2. The number of carbonyl (C=O) groups is 1. The molecule has 3 heterocycles. The predicted octanol–water partition coefficient (Wildman–Crippen LogP) is 5.52. The maximum Gasteiger partial charge on any atom is 0.415 e. The molecule has 33 heavy (non-hydrogen) atoms. The Morgan fingerprint density at radius 3 is 2.85 bits per heavy atom. The lowest BCUT2D eigenvalue weighted by molar-refractivity contribution is 0.139. The van der Waals surface area contributed by atoms with Crippen LogP contribution in [-0.2, 0) is 0 Å². The number of hydrogen-bond acceptors (Lipinski definition) is 5. The Hall–Kier alpha value is -2.66. The SMILES string of the molecule is O=C(Oc1ccccc1)N1CCC[C@H](Nc2nc3c(I)c[nH]c(=O)c3c3cc(Br)ccc23)C1. The van der Waals surface area contributed by atoms with Gasteiger partial charge in [-0.15, -0.1) is 0 Å². The zero-order chi connectivity index (χ0) is 22.9. The van der Waals surface area contributed by atoms with Crippen molar-refractivity contribution in [1.82, 2.24) is 14.9 Å². The maximum absolute atomic E-state index is 12.7. The van der Waals surface area contributed by atoms with Crippen molar-refractivity contribution in [1.29, 1.82) is 0 Å². The molecule has 9 heteroatoms. The Balaban J connectivity index is 1.45. The second kappa shape index (κ2) is 9.30. The molecule has 1 amide bonds. The van der Waals surface area contributed by atoms with Crippen LogP contribution in [0.2, 0.25) is 0 Å². The van der Waals surface area contributed by atoms with E-state index in [4.69, 9.17) is 9.72 Å². The number of fused-ring (bicyclic) bond motifs is 3. The van der Waals surface area contributed by atoms with Crippen molar-refractivity contribution in [2.24, 2.45) is 0 Å². The number of aromatic amines is 1. The van der Waals surface area contributed by atoms with E-state index in [0.717, 1.165) is 31.7 Å². The number of para-hydroxylation sites is 1. The zero-order valence-corrected chi connectivity index (χ0v) is 21.2. The highest BCUT2D eigenvalue weighted by Crippen LogP contribution is 2.32. The van der Waals surface area contributed by atoms with Gasteiger partial charge in [-0.2, -0.15) is 0 Å². The highest BCUT2D eigenvalue weighted by molar-refractivity contribution is 14.1. The predicted molar refractivity (Wildman–Crippen MR) is 141 cm³/mol. The van der Waals surface area contributed by atoms with Gasteiger partial charge in [0.05, 0.1) is 14.5 Å². The first-order chi connectivity index (χ1) is 16.0. The highest BCUT2D eigenvalue weighted by atomic mass is 127. The van der Waals surface area contributed by atoms with E-state index < -0.39 is 0 Å². The summed E-state index contributed by atoms with van der Waals surface area (Å²) in [6, 6.07) is 14.9. The Bertz CT molecular complexity index is 1410. The Labute approximate surface area is 211 Å². The van der Waals surface area contributed by atoms with Crippen LogP contribution in [0, 0.1) is 3.57 Å². The molecular weight excluding hydrogens is 599 g/mol. The molecule has 0 spiro atoms. The molecule has 2 N–H and O–H groups in total. The zero-order valence-electron chi connectivity index (χ0n) is 17.5. The molecule has 0 radical (unpaired) electrons. The molecule has 0 aliphatic carbocycles. The van der Waals surface area contributed by atoms with Gasteiger partial charge in [0.2, 0.25) is 0 Å². The van der Waals surface area contributed by atoms with Crippen LogP contribution in [0.5, 0.6) is 5.75 Å². The van der Waals surface area contributed by atoms with Crippen molar-refractivity contribution in [2.45, 2.75) is 18.9 Å². The fourth-order valence-corrected chi connectivity index (χ4v) is 5.08. The van der Waals surface area contributed by atoms with Crippen LogP contribution in [0.3, 0.4) is 0 Å². The lowest BCUT2D eigenvalue weighted by Gasteiger charge is -2.33. The molecule has 168 valence electrons. The van der Waals surface area contributed by atoms with Gasteiger partial charge in [-0.05, 0) is 65.8 Å². The third-order valence-corrected chi connectivity index (χ3v) is 7.03. The Morgan fingerprint density at radius 2 is 2.03 bits per heavy atom. The van der Waals surface area contributed by atoms with Crippen molar-refractivity contribution in [2.75, 3.05) is 18.4 Å². The standard InChI is InChI=1S/C24H20BrIN4O3/c25-14-8-9-17-18(11-14)20-21(19(26)12-27-23(20)31)29-22(17)28-15-5-4-10-30(13-15)24(32)33-16-6-2-1-3-7-16/h1-3,6-9,11-12,15H,4-5,10,13H2,(H,27,31)(H,28,29)/t15-/m0/s1. The molecule has 1 saturated heterocycles. The number of carbonyl (C=O) groups excluding carboxylic acids is 1. The van der Waals surface area contributed by atoms with E-state index >= 15 is 0 Å². The smallest absolute Gasteiger partial charge is 0.410 e. The summed E-state index contributed by atoms with van der Waals surface area (Å²) in [6.07, 6.45) is 3.08. The number of nitrogens with zero attached hydrogens (tertiary/aromatic N) is 2. The number of hydrogen-bond donors (Lipinski definition) is 2. The second-order valence-corrected chi connectivity index (χ2v) is 10.0. The maximum atomic E-state index is 12.7. The molecule has 0 bridgehead atoms. The summed E-state index contributed by atoms with van der Waals surface area (Å²) < 4.78 is 7.27. The summed E-state index contributed by atoms with van der Waals surface area (Å²) in [5.41, 5.74) is 0.490. The average Bonchev–Trinajstić information content (AvgIpc) is 2.82. The molecule has 0 saturated carbocycles. The number of piperidine rings is 1. The third-order valence-electron chi connectivity index (χ3n) is 5.72. The van der Waals surface area contributed by atoms with Gasteiger partial charge in [0.15, 0.2) is 0 Å². The van der Waals surface area contributed by atoms with E-state index in [9.17, 15) is 9.59 Å². The summed E-state index contributed by atoms with van der Waals surface area (Å²) in [6.45, 7) is 1.16. The number of amides is 1. The number of halogens is 2. The van der Waals surface area contributed by atoms with Gasteiger partial charge in [0.25, 0.3) is 5.56 Å². The molecule has 7 nitrogen and oxygen atoms in total. The Kier molecular flexibility index (Phi) is 6.24. The van der Waals surface area contributed by atoms with Gasteiger partial charge in [0, 0.05) is 40.6 Å². The first-order valence-electron chi connectivity index (χ1n) is 10.6. The largest absolute Gasteiger partial charge is 0.415 e. The minimum atomic E-state index is -0.353. The van der Waals surface area contributed by atoms with Gasteiger partial charge in [0.1, 0.15) is 11.6 Å². The van der Waals surface area contributed by atoms with Crippen molar-refractivity contribution in [3.8, 4) is 5.75 Å². The normalized spacial score (nSPS) is 16.2. The number of likely N-dealkylation sites (tertiary alicyclic amines) is 1. The fraction of sp³-hybridized carbons (Fsp3) is 0.208. The molecular formula is C24H20BrIN4O3. The lowest BCUT2D eigenvalue weighted by atomic mass is 10.0. The minimum Gasteiger partial charge on any atom is -0.410 e. The summed E-state index contributed by atoms with van der Waals surface area (Å²) in [5, 5.41) is 5.80. The van der Waals surface area contributed by atoms with Crippen molar-refractivity contribution in [3.63, 3.8) is 0 Å². The number of anilines is 1. The Morgan fingerprint density at radius 1 is 1.21 bits per heavy atom. The summed E-state index contributed by atoms with van der Waals surface area (Å²) in [7, 11) is 0. The van der Waals surface area contributed by atoms with Crippen LogP contribution in [0.4, 0.5) is 10.6 Å². The van der Waals surface area contributed by atoms with Crippen LogP contribution in [0.1, 0.15) is 12.8 Å². The molecule has 1 aliphatic rings. The van der Waals surface area contributed by atoms with E-state index in [-0.39, 0.29) is 17.7 Å². The quantitative estimate of drug-likeness (QED) is 0.233. The first-order valence-corrected chi connectivity index (χ1v) is 12.5. The van der Waals surface area contributed by atoms with E-state index in [1.807, 2.05) is 36.4 Å².